The van der Waals surface area contributed by atoms with Crippen LogP contribution >= 0.6 is 0 Å². The summed E-state index contributed by atoms with van der Waals surface area (Å²) in [4.78, 5) is 2.31. The van der Waals surface area contributed by atoms with Gasteiger partial charge in [-0.05, 0) is 19.5 Å². The van der Waals surface area contributed by atoms with Crippen molar-refractivity contribution in [2.45, 2.75) is 27.2 Å². The Hall–Kier alpha value is -0.395. The molecule has 0 aliphatic carbocycles. The van der Waals surface area contributed by atoms with E-state index < -0.39 is 0 Å². The SMILES string of the molecule is CC.CCN1C=CCC1.[B]. The molecule has 1 aliphatic rings. The van der Waals surface area contributed by atoms with Gasteiger partial charge in [-0.15, -0.1) is 0 Å². The summed E-state index contributed by atoms with van der Waals surface area (Å²) in [5.74, 6) is 0. The molecule has 0 aromatic rings. The first-order valence-electron chi connectivity index (χ1n) is 3.84. The van der Waals surface area contributed by atoms with E-state index >= 15 is 0 Å². The van der Waals surface area contributed by atoms with Crippen molar-refractivity contribution in [2.24, 2.45) is 0 Å². The molecule has 0 spiro atoms. The fraction of sp³-hybridized carbons (Fsp3) is 0.750. The van der Waals surface area contributed by atoms with Crippen molar-refractivity contribution in [1.82, 2.24) is 4.90 Å². The van der Waals surface area contributed by atoms with Gasteiger partial charge < -0.3 is 4.90 Å². The molecule has 10 heavy (non-hydrogen) atoms. The smallest absolute Gasteiger partial charge is 0.0207 e. The number of rotatable bonds is 1. The number of hydrogen-bond acceptors (Lipinski definition) is 1. The summed E-state index contributed by atoms with van der Waals surface area (Å²) in [6, 6.07) is 0. The average Bonchev–Trinajstić information content (AvgIpc) is 2.43. The van der Waals surface area contributed by atoms with Crippen molar-refractivity contribution in [2.75, 3.05) is 13.1 Å². The summed E-state index contributed by atoms with van der Waals surface area (Å²) in [5.41, 5.74) is 0. The van der Waals surface area contributed by atoms with Gasteiger partial charge in [0.1, 0.15) is 0 Å². The quantitative estimate of drug-likeness (QED) is 0.500. The highest BCUT2D eigenvalue weighted by Gasteiger charge is 1.97. The lowest BCUT2D eigenvalue weighted by molar-refractivity contribution is 0.430. The molecular weight excluding hydrogens is 121 g/mol. The first-order valence-corrected chi connectivity index (χ1v) is 3.84. The Labute approximate surface area is 66.7 Å². The maximum Gasteiger partial charge on any atom is 0.0207 e. The maximum atomic E-state index is 2.31. The van der Waals surface area contributed by atoms with Gasteiger partial charge in [0.05, 0.1) is 0 Å². The van der Waals surface area contributed by atoms with Crippen molar-refractivity contribution in [1.29, 1.82) is 0 Å². The highest BCUT2D eigenvalue weighted by atomic mass is 15.1. The predicted octanol–water partition coefficient (Wildman–Crippen LogP) is 1.87. The van der Waals surface area contributed by atoms with Crippen molar-refractivity contribution < 1.29 is 0 Å². The van der Waals surface area contributed by atoms with Crippen molar-refractivity contribution >= 4 is 8.41 Å². The Kier molecular flexibility index (Phi) is 10.6. The Morgan fingerprint density at radius 2 is 2.00 bits per heavy atom. The first kappa shape index (κ1) is 12.3. The van der Waals surface area contributed by atoms with Crippen LogP contribution in [0.4, 0.5) is 0 Å². The van der Waals surface area contributed by atoms with E-state index in [0.717, 1.165) is 6.54 Å². The molecule has 0 N–H and O–H groups in total. The van der Waals surface area contributed by atoms with Crippen LogP contribution < -0.4 is 0 Å². The van der Waals surface area contributed by atoms with Gasteiger partial charge in [0.2, 0.25) is 0 Å². The van der Waals surface area contributed by atoms with Crippen LogP contribution in [0.1, 0.15) is 27.2 Å². The number of hydrogen-bond donors (Lipinski definition) is 0. The summed E-state index contributed by atoms with van der Waals surface area (Å²) in [5, 5.41) is 0. The third-order valence-electron chi connectivity index (χ3n) is 1.31. The summed E-state index contributed by atoms with van der Waals surface area (Å²) >= 11 is 0. The van der Waals surface area contributed by atoms with Gasteiger partial charge >= 0.3 is 0 Å². The van der Waals surface area contributed by atoms with Crippen LogP contribution in [0.2, 0.25) is 0 Å². The lowest BCUT2D eigenvalue weighted by Crippen LogP contribution is -2.12. The van der Waals surface area contributed by atoms with Gasteiger partial charge in [0.25, 0.3) is 0 Å². The molecule has 0 atom stereocenters. The molecule has 0 aromatic carbocycles. The van der Waals surface area contributed by atoms with Gasteiger partial charge in [-0.3, -0.25) is 0 Å². The molecule has 0 fully saturated rings. The van der Waals surface area contributed by atoms with Crippen molar-refractivity contribution in [3.63, 3.8) is 0 Å². The molecule has 3 radical (unpaired) electrons. The Morgan fingerprint density at radius 3 is 2.20 bits per heavy atom. The molecule has 0 aromatic heterocycles. The monoisotopic (exact) mass is 138 g/mol. The molecule has 1 heterocycles. The molecule has 1 nitrogen and oxygen atoms in total. The molecule has 57 valence electrons. The highest BCUT2D eigenvalue weighted by Crippen LogP contribution is 2.00. The molecular formula is C8H17BN. The zero-order valence-corrected chi connectivity index (χ0v) is 7.30. The Bertz CT molecular complexity index is 81.3. The highest BCUT2D eigenvalue weighted by molar-refractivity contribution is 5.75. The first-order chi connectivity index (χ1) is 4.43. The minimum atomic E-state index is 0. The van der Waals surface area contributed by atoms with Gasteiger partial charge in [-0.1, -0.05) is 19.9 Å². The van der Waals surface area contributed by atoms with E-state index in [1.165, 1.54) is 13.0 Å². The van der Waals surface area contributed by atoms with E-state index in [1.807, 2.05) is 13.8 Å². The summed E-state index contributed by atoms with van der Waals surface area (Å²) < 4.78 is 0. The standard InChI is InChI=1S/C6H11N.C2H6.B/c1-2-7-5-3-4-6-7;1-2;/h3,5H,2,4,6H2,1H3;1-2H3;. The molecule has 0 saturated carbocycles. The van der Waals surface area contributed by atoms with Gasteiger partial charge in [-0.2, -0.15) is 0 Å². The molecule has 0 unspecified atom stereocenters. The third kappa shape index (κ3) is 4.48. The Balaban J connectivity index is 0. The van der Waals surface area contributed by atoms with Crippen LogP contribution in [0.3, 0.4) is 0 Å². The van der Waals surface area contributed by atoms with E-state index in [0.29, 0.717) is 0 Å². The Morgan fingerprint density at radius 1 is 1.40 bits per heavy atom. The van der Waals surface area contributed by atoms with E-state index in [4.69, 9.17) is 0 Å². The molecule has 0 bridgehead atoms. The predicted molar refractivity (Wildman–Crippen MR) is 48.1 cm³/mol. The lowest BCUT2D eigenvalue weighted by atomic mass is 10.5. The van der Waals surface area contributed by atoms with Crippen LogP contribution in [-0.4, -0.2) is 26.4 Å². The third-order valence-corrected chi connectivity index (χ3v) is 1.31. The zero-order valence-electron chi connectivity index (χ0n) is 7.30. The minimum absolute atomic E-state index is 0. The lowest BCUT2D eigenvalue weighted by Gasteiger charge is -2.09. The van der Waals surface area contributed by atoms with Crippen LogP contribution in [0, 0.1) is 0 Å². The van der Waals surface area contributed by atoms with Crippen LogP contribution in [0.15, 0.2) is 12.3 Å². The second-order valence-electron chi connectivity index (χ2n) is 1.80. The van der Waals surface area contributed by atoms with E-state index in [9.17, 15) is 0 Å². The fourth-order valence-corrected chi connectivity index (χ4v) is 0.802. The van der Waals surface area contributed by atoms with Gasteiger partial charge in [0.15, 0.2) is 0 Å². The molecule has 2 heteroatoms. The maximum absolute atomic E-state index is 2.31. The molecule has 0 saturated heterocycles. The van der Waals surface area contributed by atoms with E-state index in [-0.39, 0.29) is 8.41 Å². The van der Waals surface area contributed by atoms with E-state index in [1.54, 1.807) is 0 Å². The average molecular weight is 138 g/mol. The fourth-order valence-electron chi connectivity index (χ4n) is 0.802. The zero-order chi connectivity index (χ0) is 7.11. The second kappa shape index (κ2) is 8.60. The molecule has 1 aliphatic heterocycles. The normalized spacial score (nSPS) is 13.7. The largest absolute Gasteiger partial charge is 0.378 e. The number of nitrogens with zero attached hydrogens (tertiary/aromatic N) is 1. The summed E-state index contributed by atoms with van der Waals surface area (Å²) in [7, 11) is 0. The van der Waals surface area contributed by atoms with Crippen molar-refractivity contribution in [3.05, 3.63) is 12.3 Å². The van der Waals surface area contributed by atoms with Crippen LogP contribution in [-0.2, 0) is 0 Å². The van der Waals surface area contributed by atoms with E-state index in [2.05, 4.69) is 24.1 Å². The van der Waals surface area contributed by atoms with Crippen molar-refractivity contribution in [3.8, 4) is 0 Å². The van der Waals surface area contributed by atoms with Crippen LogP contribution in [0.5, 0.6) is 0 Å². The molecule has 0 amide bonds. The van der Waals surface area contributed by atoms with Gasteiger partial charge in [-0.25, -0.2) is 0 Å². The minimum Gasteiger partial charge on any atom is -0.378 e. The van der Waals surface area contributed by atoms with Crippen LogP contribution in [0.25, 0.3) is 0 Å². The molecule has 1 rings (SSSR count). The topological polar surface area (TPSA) is 3.24 Å². The summed E-state index contributed by atoms with van der Waals surface area (Å²) in [6.07, 6.45) is 5.62. The van der Waals surface area contributed by atoms with Gasteiger partial charge in [0, 0.05) is 21.5 Å². The second-order valence-corrected chi connectivity index (χ2v) is 1.80. The summed E-state index contributed by atoms with van der Waals surface area (Å²) in [6.45, 7) is 8.57.